The van der Waals surface area contributed by atoms with E-state index in [0.29, 0.717) is 6.54 Å². The summed E-state index contributed by atoms with van der Waals surface area (Å²) < 4.78 is 5.43. The van der Waals surface area contributed by atoms with Crippen molar-refractivity contribution in [3.8, 4) is 0 Å². The van der Waals surface area contributed by atoms with Gasteiger partial charge in [-0.25, -0.2) is 0 Å². The van der Waals surface area contributed by atoms with Crippen molar-refractivity contribution in [2.24, 2.45) is 0 Å². The predicted molar refractivity (Wildman–Crippen MR) is 94.8 cm³/mol. The Balaban J connectivity index is 1.86. The van der Waals surface area contributed by atoms with Crippen molar-refractivity contribution in [3.63, 3.8) is 0 Å². The second-order valence-electron chi connectivity index (χ2n) is 7.08. The van der Waals surface area contributed by atoms with E-state index in [9.17, 15) is 4.79 Å². The highest BCUT2D eigenvalue weighted by Crippen LogP contribution is 2.53. The molecule has 1 N–H and O–H groups in total. The van der Waals surface area contributed by atoms with Gasteiger partial charge in [-0.3, -0.25) is 4.79 Å². The second-order valence-corrected chi connectivity index (χ2v) is 7.08. The lowest BCUT2D eigenvalue weighted by Crippen LogP contribution is -2.58. The largest absolute Gasteiger partial charge is 0.465 e. The van der Waals surface area contributed by atoms with Gasteiger partial charge in [-0.05, 0) is 47.9 Å². The van der Waals surface area contributed by atoms with Gasteiger partial charge in [0, 0.05) is 11.1 Å². The molecule has 1 saturated heterocycles. The molecule has 3 heterocycles. The molecule has 124 valence electrons. The van der Waals surface area contributed by atoms with Crippen LogP contribution in [0.3, 0.4) is 0 Å². The second kappa shape index (κ2) is 5.00. The molecule has 2 aromatic rings. The summed E-state index contributed by atoms with van der Waals surface area (Å²) in [6, 6.07) is 10.4. The molecule has 1 fully saturated rings. The molecule has 1 aromatic carbocycles. The van der Waals surface area contributed by atoms with E-state index >= 15 is 0 Å². The third-order valence-corrected chi connectivity index (χ3v) is 5.48. The van der Waals surface area contributed by atoms with Crippen LogP contribution >= 0.6 is 0 Å². The number of carbonyl (C=O) groups excluding carboxylic acids is 1. The highest BCUT2D eigenvalue weighted by molar-refractivity contribution is 5.91. The topological polar surface area (TPSA) is 45.5 Å². The minimum absolute atomic E-state index is 0.0531. The molecule has 24 heavy (non-hydrogen) atoms. The van der Waals surface area contributed by atoms with Crippen molar-refractivity contribution in [1.29, 1.82) is 0 Å². The molecule has 1 amide bonds. The average molecular weight is 322 g/mol. The highest BCUT2D eigenvalue weighted by atomic mass is 16.3. The number of hydrogen-bond acceptors (Lipinski definition) is 3. The quantitative estimate of drug-likeness (QED) is 0.941. The summed E-state index contributed by atoms with van der Waals surface area (Å²) in [6.45, 7) is 6.94. The van der Waals surface area contributed by atoms with Gasteiger partial charge in [0.2, 0.25) is 5.91 Å². The fourth-order valence-electron chi connectivity index (χ4n) is 4.03. The summed E-state index contributed by atoms with van der Waals surface area (Å²) in [4.78, 5) is 14.4. The summed E-state index contributed by atoms with van der Waals surface area (Å²) in [6.07, 6.45) is 6.69. The predicted octanol–water partition coefficient (Wildman–Crippen LogP) is 3.48. The van der Waals surface area contributed by atoms with E-state index in [1.54, 1.807) is 6.26 Å². The lowest BCUT2D eigenvalue weighted by molar-refractivity contribution is -0.118. The number of hydrogen-bond donors (Lipinski definition) is 1. The molecular formula is C20H22N2O2. The van der Waals surface area contributed by atoms with Gasteiger partial charge in [-0.15, -0.1) is 0 Å². The normalized spacial score (nSPS) is 24.3. The SMILES string of the molecule is CCc1ccc2c(c1)C(C)(C)[C@@]1(/C=C/c3ccco3)NC(=O)CN21. The molecule has 0 unspecified atom stereocenters. The van der Waals surface area contributed by atoms with E-state index in [-0.39, 0.29) is 11.3 Å². The lowest BCUT2D eigenvalue weighted by Gasteiger charge is -2.40. The number of carbonyl (C=O) groups is 1. The Labute approximate surface area is 142 Å². The molecule has 4 heteroatoms. The van der Waals surface area contributed by atoms with Crippen LogP contribution < -0.4 is 10.2 Å². The Morgan fingerprint density at radius 2 is 2.17 bits per heavy atom. The van der Waals surface area contributed by atoms with Crippen LogP contribution in [0.15, 0.2) is 47.1 Å². The van der Waals surface area contributed by atoms with Crippen LogP contribution in [-0.4, -0.2) is 18.1 Å². The molecule has 0 aliphatic carbocycles. The van der Waals surface area contributed by atoms with Gasteiger partial charge in [0.25, 0.3) is 0 Å². The Morgan fingerprint density at radius 3 is 2.88 bits per heavy atom. The van der Waals surface area contributed by atoms with Gasteiger partial charge >= 0.3 is 0 Å². The van der Waals surface area contributed by atoms with Gasteiger partial charge < -0.3 is 14.6 Å². The summed E-state index contributed by atoms with van der Waals surface area (Å²) in [5, 5.41) is 3.22. The fourth-order valence-corrected chi connectivity index (χ4v) is 4.03. The fraction of sp³-hybridized carbons (Fsp3) is 0.350. The monoisotopic (exact) mass is 322 g/mol. The first-order valence-corrected chi connectivity index (χ1v) is 8.43. The Hall–Kier alpha value is -2.49. The van der Waals surface area contributed by atoms with Crippen LogP contribution in [0.2, 0.25) is 0 Å². The number of fused-ring (bicyclic) bond motifs is 3. The molecule has 1 atom stereocenters. The molecule has 0 spiro atoms. The molecule has 0 saturated carbocycles. The molecule has 1 aromatic heterocycles. The van der Waals surface area contributed by atoms with Gasteiger partial charge in [0.15, 0.2) is 0 Å². The molecule has 0 radical (unpaired) electrons. The zero-order chi connectivity index (χ0) is 16.9. The highest BCUT2D eigenvalue weighted by Gasteiger charge is 2.59. The Kier molecular flexibility index (Phi) is 3.14. The first-order valence-electron chi connectivity index (χ1n) is 8.43. The first kappa shape index (κ1) is 15.1. The van der Waals surface area contributed by atoms with Crippen molar-refractivity contribution < 1.29 is 9.21 Å². The average Bonchev–Trinajstić information content (AvgIpc) is 3.23. The first-order chi connectivity index (χ1) is 11.5. The van der Waals surface area contributed by atoms with Crippen LogP contribution in [0.5, 0.6) is 0 Å². The van der Waals surface area contributed by atoms with Crippen molar-refractivity contribution >= 4 is 17.7 Å². The maximum Gasteiger partial charge on any atom is 0.241 e. The van der Waals surface area contributed by atoms with Crippen molar-refractivity contribution in [1.82, 2.24) is 5.32 Å². The van der Waals surface area contributed by atoms with E-state index in [1.165, 1.54) is 11.1 Å². The van der Waals surface area contributed by atoms with Crippen LogP contribution in [0.1, 0.15) is 37.7 Å². The minimum atomic E-state index is -0.564. The van der Waals surface area contributed by atoms with Gasteiger partial charge in [0.1, 0.15) is 11.4 Å². The van der Waals surface area contributed by atoms with Crippen LogP contribution in [0.25, 0.3) is 6.08 Å². The van der Waals surface area contributed by atoms with Gasteiger partial charge in [0.05, 0.1) is 12.8 Å². The Bertz CT molecular complexity index is 820. The maximum absolute atomic E-state index is 12.2. The van der Waals surface area contributed by atoms with Crippen LogP contribution in [0.4, 0.5) is 5.69 Å². The maximum atomic E-state index is 12.2. The van der Waals surface area contributed by atoms with Crippen molar-refractivity contribution in [2.75, 3.05) is 11.4 Å². The van der Waals surface area contributed by atoms with E-state index in [2.05, 4.69) is 55.3 Å². The summed E-state index contributed by atoms with van der Waals surface area (Å²) in [7, 11) is 0. The number of benzene rings is 1. The number of rotatable bonds is 3. The molecular weight excluding hydrogens is 300 g/mol. The number of nitrogens with one attached hydrogen (secondary N) is 1. The summed E-state index contributed by atoms with van der Waals surface area (Å²) >= 11 is 0. The third-order valence-electron chi connectivity index (χ3n) is 5.48. The summed E-state index contributed by atoms with van der Waals surface area (Å²) in [5.74, 6) is 0.837. The summed E-state index contributed by atoms with van der Waals surface area (Å²) in [5.41, 5.74) is 2.93. The molecule has 4 nitrogen and oxygen atoms in total. The van der Waals surface area contributed by atoms with Crippen molar-refractivity contribution in [2.45, 2.75) is 38.3 Å². The number of furan rings is 1. The Morgan fingerprint density at radius 1 is 1.33 bits per heavy atom. The van der Waals surface area contributed by atoms with Gasteiger partial charge in [-0.1, -0.05) is 32.9 Å². The van der Waals surface area contributed by atoms with Gasteiger partial charge in [-0.2, -0.15) is 0 Å². The van der Waals surface area contributed by atoms with E-state index < -0.39 is 5.66 Å². The smallest absolute Gasteiger partial charge is 0.241 e. The number of aryl methyl sites for hydroxylation is 1. The molecule has 4 rings (SSSR count). The van der Waals surface area contributed by atoms with Crippen LogP contribution in [-0.2, 0) is 16.6 Å². The van der Waals surface area contributed by atoms with Crippen LogP contribution in [0, 0.1) is 0 Å². The zero-order valence-corrected chi connectivity index (χ0v) is 14.3. The standard InChI is InChI=1S/C20H22N2O2/c1-4-14-7-8-17-16(12-14)19(2,3)20(21-18(23)13-22(17)20)10-9-15-6-5-11-24-15/h5-12H,4,13H2,1-3H3,(H,21,23)/b10-9+/t20-/m0/s1. The molecule has 2 aliphatic rings. The molecule has 0 bridgehead atoms. The minimum Gasteiger partial charge on any atom is -0.465 e. The van der Waals surface area contributed by atoms with E-state index in [1.807, 2.05) is 18.2 Å². The van der Waals surface area contributed by atoms with E-state index in [4.69, 9.17) is 4.42 Å². The number of amides is 1. The number of anilines is 1. The zero-order valence-electron chi connectivity index (χ0n) is 14.3. The van der Waals surface area contributed by atoms with E-state index in [0.717, 1.165) is 17.9 Å². The third kappa shape index (κ3) is 1.89. The lowest BCUT2D eigenvalue weighted by atomic mass is 9.75. The van der Waals surface area contributed by atoms with Crippen molar-refractivity contribution in [3.05, 3.63) is 59.6 Å². The molecule has 2 aliphatic heterocycles. The number of nitrogens with zero attached hydrogens (tertiary/aromatic N) is 1.